The first-order valence-electron chi connectivity index (χ1n) is 9.57. The third-order valence-corrected chi connectivity index (χ3v) is 4.40. The van der Waals surface area contributed by atoms with E-state index < -0.39 is 29.7 Å². The number of Topliss-reactive ketones (excluding diaryl/α,β-unsaturated/α-hetero) is 1. The van der Waals surface area contributed by atoms with Crippen LogP contribution in [0.3, 0.4) is 0 Å². The highest BCUT2D eigenvalue weighted by Crippen LogP contribution is 2.25. The van der Waals surface area contributed by atoms with E-state index in [1.54, 1.807) is 20.8 Å². The SMILES string of the molecule is CCn1c(CO)nn(-c2nc(OC(C)C)c(C(=O)Cc3cn[nH]c3OC)cc2F)c1=O. The van der Waals surface area contributed by atoms with Gasteiger partial charge in [-0.05, 0) is 26.8 Å². The second-order valence-corrected chi connectivity index (χ2v) is 6.85. The Balaban J connectivity index is 2.09. The Morgan fingerprint density at radius 3 is 2.71 bits per heavy atom. The molecule has 3 aromatic heterocycles. The van der Waals surface area contributed by atoms with Crippen molar-refractivity contribution in [1.29, 1.82) is 0 Å². The van der Waals surface area contributed by atoms with Gasteiger partial charge in [0.2, 0.25) is 11.8 Å². The molecule has 0 unspecified atom stereocenters. The Labute approximate surface area is 176 Å². The molecule has 0 fully saturated rings. The summed E-state index contributed by atoms with van der Waals surface area (Å²) in [4.78, 5) is 29.6. The van der Waals surface area contributed by atoms with Gasteiger partial charge in [0.1, 0.15) is 6.61 Å². The van der Waals surface area contributed by atoms with E-state index >= 15 is 0 Å². The van der Waals surface area contributed by atoms with Crippen LogP contribution in [0.5, 0.6) is 11.8 Å². The molecule has 11 nitrogen and oxygen atoms in total. The number of aromatic nitrogens is 6. The lowest BCUT2D eigenvalue weighted by molar-refractivity contribution is 0.0984. The van der Waals surface area contributed by atoms with Gasteiger partial charge >= 0.3 is 5.69 Å². The molecule has 0 atom stereocenters. The number of methoxy groups -OCH3 is 1. The number of nitrogens with zero attached hydrogens (tertiary/aromatic N) is 5. The minimum atomic E-state index is -0.939. The smallest absolute Gasteiger partial charge is 0.352 e. The van der Waals surface area contributed by atoms with Gasteiger partial charge in [0, 0.05) is 18.5 Å². The zero-order valence-corrected chi connectivity index (χ0v) is 17.5. The van der Waals surface area contributed by atoms with Crippen LogP contribution in [0.15, 0.2) is 17.1 Å². The number of pyridine rings is 1. The number of nitrogens with one attached hydrogen (secondary N) is 1. The summed E-state index contributed by atoms with van der Waals surface area (Å²) in [5, 5.41) is 19.8. The summed E-state index contributed by atoms with van der Waals surface area (Å²) in [5.74, 6) is -1.60. The molecule has 12 heteroatoms. The number of hydrogen-bond acceptors (Lipinski definition) is 8. The number of ether oxygens (including phenoxy) is 2. The van der Waals surface area contributed by atoms with Crippen molar-refractivity contribution in [2.75, 3.05) is 7.11 Å². The molecular formula is C19H23FN6O5. The molecule has 0 aliphatic carbocycles. The fourth-order valence-electron chi connectivity index (χ4n) is 3.00. The number of aliphatic hydroxyl groups excluding tert-OH is 1. The van der Waals surface area contributed by atoms with Crippen molar-refractivity contribution in [3.8, 4) is 17.6 Å². The van der Waals surface area contributed by atoms with Crippen molar-refractivity contribution in [2.45, 2.75) is 46.4 Å². The van der Waals surface area contributed by atoms with Crippen molar-refractivity contribution < 1.29 is 23.8 Å². The van der Waals surface area contributed by atoms with Gasteiger partial charge in [0.25, 0.3) is 0 Å². The first-order valence-corrected chi connectivity index (χ1v) is 9.57. The molecule has 0 bridgehead atoms. The Bertz CT molecular complexity index is 1150. The maximum absolute atomic E-state index is 15.0. The summed E-state index contributed by atoms with van der Waals surface area (Å²) >= 11 is 0. The molecule has 0 aliphatic heterocycles. The summed E-state index contributed by atoms with van der Waals surface area (Å²) in [7, 11) is 1.43. The van der Waals surface area contributed by atoms with Crippen LogP contribution in [0.4, 0.5) is 4.39 Å². The zero-order valence-electron chi connectivity index (χ0n) is 17.5. The Morgan fingerprint density at radius 2 is 2.13 bits per heavy atom. The number of aliphatic hydroxyl groups is 1. The first-order chi connectivity index (χ1) is 14.8. The van der Waals surface area contributed by atoms with E-state index in [1.165, 1.54) is 17.9 Å². The second-order valence-electron chi connectivity index (χ2n) is 6.85. The van der Waals surface area contributed by atoms with Crippen molar-refractivity contribution in [2.24, 2.45) is 0 Å². The zero-order chi connectivity index (χ0) is 22.7. The monoisotopic (exact) mass is 434 g/mol. The molecule has 31 heavy (non-hydrogen) atoms. The van der Waals surface area contributed by atoms with Gasteiger partial charge in [0.15, 0.2) is 23.2 Å². The van der Waals surface area contributed by atoms with Gasteiger partial charge in [-0.1, -0.05) is 0 Å². The summed E-state index contributed by atoms with van der Waals surface area (Å²) in [6, 6.07) is 0.963. The third kappa shape index (κ3) is 4.33. The predicted molar refractivity (Wildman–Crippen MR) is 106 cm³/mol. The van der Waals surface area contributed by atoms with Gasteiger partial charge in [0.05, 0.1) is 25.0 Å². The number of rotatable bonds is 9. The summed E-state index contributed by atoms with van der Waals surface area (Å²) in [5.41, 5.74) is -0.280. The number of halogens is 1. The number of H-pyrrole nitrogens is 1. The van der Waals surface area contributed by atoms with Crippen LogP contribution >= 0.6 is 0 Å². The highest BCUT2D eigenvalue weighted by Gasteiger charge is 2.24. The molecule has 0 saturated heterocycles. The number of carbonyl (C=O) groups is 1. The Hall–Kier alpha value is -3.54. The van der Waals surface area contributed by atoms with Crippen LogP contribution in [0, 0.1) is 5.82 Å². The van der Waals surface area contributed by atoms with Crippen LogP contribution in [0.25, 0.3) is 5.82 Å². The van der Waals surface area contributed by atoms with Crippen molar-refractivity contribution in [3.05, 3.63) is 45.5 Å². The molecule has 0 aliphatic rings. The van der Waals surface area contributed by atoms with E-state index in [2.05, 4.69) is 20.3 Å². The van der Waals surface area contributed by atoms with Gasteiger partial charge in [-0.3, -0.25) is 9.36 Å². The normalized spacial score (nSPS) is 11.2. The van der Waals surface area contributed by atoms with Crippen LogP contribution in [-0.4, -0.2) is 53.6 Å². The Kier molecular flexibility index (Phi) is 6.49. The molecule has 3 aromatic rings. The van der Waals surface area contributed by atoms with Crippen molar-refractivity contribution in [3.63, 3.8) is 0 Å². The topological polar surface area (TPSA) is 137 Å². The summed E-state index contributed by atoms with van der Waals surface area (Å²) in [6.07, 6.45) is 0.928. The lowest BCUT2D eigenvalue weighted by Gasteiger charge is -2.14. The van der Waals surface area contributed by atoms with E-state index in [4.69, 9.17) is 9.47 Å². The second kappa shape index (κ2) is 9.08. The largest absolute Gasteiger partial charge is 0.481 e. The quantitative estimate of drug-likeness (QED) is 0.476. The summed E-state index contributed by atoms with van der Waals surface area (Å²) < 4.78 is 27.7. The lowest BCUT2D eigenvalue weighted by Crippen LogP contribution is -2.26. The number of carbonyl (C=O) groups excluding carboxylic acids is 1. The van der Waals surface area contributed by atoms with Crippen LogP contribution < -0.4 is 15.2 Å². The first kappa shape index (κ1) is 22.2. The molecule has 0 aromatic carbocycles. The molecule has 3 rings (SSSR count). The summed E-state index contributed by atoms with van der Waals surface area (Å²) in [6.45, 7) is 4.86. The molecular weight excluding hydrogens is 411 g/mol. The van der Waals surface area contributed by atoms with Crippen molar-refractivity contribution >= 4 is 5.78 Å². The molecule has 0 radical (unpaired) electrons. The highest BCUT2D eigenvalue weighted by molar-refractivity contribution is 5.99. The average Bonchev–Trinajstić information content (AvgIpc) is 3.31. The molecule has 166 valence electrons. The fraction of sp³-hybridized carbons (Fsp3) is 0.421. The number of aromatic amines is 1. The van der Waals surface area contributed by atoms with Crippen LogP contribution in [0.1, 0.15) is 42.5 Å². The standard InChI is InChI=1S/C19H23FN6O5/c1-5-25-15(9-27)24-26(19(25)29)16-13(20)7-12(18(22-16)31-10(2)3)14(28)6-11-8-21-23-17(11)30-4/h7-8,10,27H,5-6,9H2,1-4H3,(H,21,23). The van der Waals surface area contributed by atoms with Gasteiger partial charge in [-0.25, -0.2) is 14.3 Å². The average molecular weight is 434 g/mol. The van der Waals surface area contributed by atoms with Crippen LogP contribution in [-0.2, 0) is 19.6 Å². The highest BCUT2D eigenvalue weighted by atomic mass is 19.1. The molecule has 2 N–H and O–H groups in total. The van der Waals surface area contributed by atoms with E-state index in [0.717, 1.165) is 10.7 Å². The number of hydrogen-bond donors (Lipinski definition) is 2. The molecule has 3 heterocycles. The van der Waals surface area contributed by atoms with Crippen LogP contribution in [0.2, 0.25) is 0 Å². The maximum Gasteiger partial charge on any atom is 0.352 e. The molecule has 0 saturated carbocycles. The minimum absolute atomic E-state index is 0.0623. The fourth-order valence-corrected chi connectivity index (χ4v) is 3.00. The maximum atomic E-state index is 15.0. The van der Waals surface area contributed by atoms with E-state index in [1.807, 2.05) is 0 Å². The van der Waals surface area contributed by atoms with Gasteiger partial charge in [-0.2, -0.15) is 14.8 Å². The Morgan fingerprint density at radius 1 is 1.39 bits per heavy atom. The van der Waals surface area contributed by atoms with E-state index in [-0.39, 0.29) is 36.3 Å². The third-order valence-electron chi connectivity index (χ3n) is 4.40. The predicted octanol–water partition coefficient (Wildman–Crippen LogP) is 1.02. The van der Waals surface area contributed by atoms with Gasteiger partial charge in [-0.15, -0.1) is 5.10 Å². The number of ketones is 1. The minimum Gasteiger partial charge on any atom is -0.481 e. The van der Waals surface area contributed by atoms with Crippen molar-refractivity contribution in [1.82, 2.24) is 29.5 Å². The van der Waals surface area contributed by atoms with E-state index in [0.29, 0.717) is 11.4 Å². The molecule has 0 spiro atoms. The van der Waals surface area contributed by atoms with Gasteiger partial charge < -0.3 is 14.6 Å². The molecule has 0 amide bonds. The van der Waals surface area contributed by atoms with E-state index in [9.17, 15) is 19.1 Å². The lowest BCUT2D eigenvalue weighted by atomic mass is 10.1.